The second kappa shape index (κ2) is 12.7. The predicted octanol–water partition coefficient (Wildman–Crippen LogP) is 7.55. The zero-order chi connectivity index (χ0) is 29.7. The molecule has 4 rings (SSSR count). The van der Waals surface area contributed by atoms with Gasteiger partial charge >= 0.3 is 12.1 Å². The summed E-state index contributed by atoms with van der Waals surface area (Å²) in [7, 11) is 0. The number of rotatable bonds is 11. The van der Waals surface area contributed by atoms with Crippen LogP contribution in [0.5, 0.6) is 0 Å². The number of oxazole rings is 1. The van der Waals surface area contributed by atoms with Gasteiger partial charge in [0, 0.05) is 25.7 Å². The molecule has 11 heteroatoms. The molecule has 1 heterocycles. The van der Waals surface area contributed by atoms with Crippen LogP contribution in [0.15, 0.2) is 46.9 Å². The van der Waals surface area contributed by atoms with Crippen molar-refractivity contribution in [1.82, 2.24) is 4.98 Å². The lowest BCUT2D eigenvalue weighted by molar-refractivity contribution is -0.153. The van der Waals surface area contributed by atoms with Crippen molar-refractivity contribution >= 4 is 17.5 Å². The minimum absolute atomic E-state index is 0.0388. The number of hydrogen-bond donors (Lipinski definition) is 1. The normalized spacial score (nSPS) is 17.4. The minimum Gasteiger partial charge on any atom is -0.481 e. The van der Waals surface area contributed by atoms with Crippen molar-refractivity contribution in [3.05, 3.63) is 76.7 Å². The summed E-state index contributed by atoms with van der Waals surface area (Å²) in [6.07, 6.45) is -1.86. The van der Waals surface area contributed by atoms with Gasteiger partial charge in [0.2, 0.25) is 11.7 Å². The van der Waals surface area contributed by atoms with E-state index in [2.05, 4.69) is 9.40 Å². The summed E-state index contributed by atoms with van der Waals surface area (Å²) in [5.74, 6) is -6.63. The van der Waals surface area contributed by atoms with Crippen LogP contribution in [0.3, 0.4) is 0 Å². The fourth-order valence-corrected chi connectivity index (χ4v) is 5.25. The number of halogens is 5. The summed E-state index contributed by atoms with van der Waals surface area (Å²) < 4.78 is 73.2. The van der Waals surface area contributed by atoms with Gasteiger partial charge in [-0.3, -0.25) is 14.4 Å². The van der Waals surface area contributed by atoms with Gasteiger partial charge in [0.1, 0.15) is 23.0 Å². The molecule has 6 nitrogen and oxygen atoms in total. The topological polar surface area (TPSA) is 97.5 Å². The molecule has 0 atom stereocenters. The van der Waals surface area contributed by atoms with E-state index in [4.69, 9.17) is 5.11 Å². The number of hydrogen-bond acceptors (Lipinski definition) is 5. The lowest BCUT2D eigenvalue weighted by Crippen LogP contribution is -2.16. The molecule has 3 aromatic rings. The zero-order valence-corrected chi connectivity index (χ0v) is 22.0. The van der Waals surface area contributed by atoms with E-state index in [1.54, 1.807) is 0 Å². The Balaban J connectivity index is 1.31. The van der Waals surface area contributed by atoms with Crippen LogP contribution in [-0.2, 0) is 22.2 Å². The number of benzene rings is 2. The van der Waals surface area contributed by atoms with E-state index in [1.807, 2.05) is 24.3 Å². The fourth-order valence-electron chi connectivity index (χ4n) is 5.25. The van der Waals surface area contributed by atoms with Crippen molar-refractivity contribution in [2.75, 3.05) is 0 Å². The second-order valence-corrected chi connectivity index (χ2v) is 10.3. The lowest BCUT2D eigenvalue weighted by atomic mass is 9.77. The quantitative estimate of drug-likeness (QED) is 0.187. The van der Waals surface area contributed by atoms with Crippen LogP contribution in [0.4, 0.5) is 22.0 Å². The molecule has 0 bridgehead atoms. The highest BCUT2D eigenvalue weighted by molar-refractivity contribution is 5.96. The predicted molar refractivity (Wildman–Crippen MR) is 137 cm³/mol. The minimum atomic E-state index is -5.13. The first-order valence-corrected chi connectivity index (χ1v) is 13.3. The summed E-state index contributed by atoms with van der Waals surface area (Å²) in [5.41, 5.74) is -0.111. The van der Waals surface area contributed by atoms with Crippen molar-refractivity contribution in [2.45, 2.75) is 69.9 Å². The maximum atomic E-state index is 14.1. The van der Waals surface area contributed by atoms with E-state index in [-0.39, 0.29) is 37.4 Å². The number of aromatic nitrogens is 1. The molecular weight excluding hydrogens is 549 g/mol. The second-order valence-electron chi connectivity index (χ2n) is 10.3. The summed E-state index contributed by atoms with van der Waals surface area (Å²) in [5, 5.41) is 8.97. The van der Waals surface area contributed by atoms with Gasteiger partial charge in [0.05, 0.1) is 0 Å². The van der Waals surface area contributed by atoms with E-state index < -0.39 is 58.9 Å². The zero-order valence-electron chi connectivity index (χ0n) is 22.0. The number of Topliss-reactive ketones (excluding diaryl/α,β-unsaturated/α-hetero) is 2. The molecule has 1 aliphatic carbocycles. The summed E-state index contributed by atoms with van der Waals surface area (Å²) >= 11 is 0. The van der Waals surface area contributed by atoms with E-state index >= 15 is 0 Å². The van der Waals surface area contributed by atoms with Crippen molar-refractivity contribution < 1.29 is 45.9 Å². The van der Waals surface area contributed by atoms with Crippen molar-refractivity contribution in [3.8, 4) is 11.5 Å². The molecular formula is C30H28F5NO5. The van der Waals surface area contributed by atoms with Crippen LogP contribution < -0.4 is 0 Å². The molecule has 2 aromatic carbocycles. The molecule has 1 fully saturated rings. The Morgan fingerprint density at radius 1 is 0.927 bits per heavy atom. The first-order chi connectivity index (χ1) is 19.4. The van der Waals surface area contributed by atoms with Crippen LogP contribution in [0.25, 0.3) is 11.5 Å². The van der Waals surface area contributed by atoms with Crippen molar-refractivity contribution in [2.24, 2.45) is 5.92 Å². The molecule has 0 spiro atoms. The molecule has 1 saturated carbocycles. The summed E-state index contributed by atoms with van der Waals surface area (Å²) in [4.78, 5) is 39.4. The lowest BCUT2D eigenvalue weighted by Gasteiger charge is -2.28. The summed E-state index contributed by atoms with van der Waals surface area (Å²) in [6.45, 7) is 0. The highest BCUT2D eigenvalue weighted by atomic mass is 19.4. The molecule has 0 amide bonds. The molecule has 1 aliphatic rings. The average molecular weight is 578 g/mol. The third kappa shape index (κ3) is 7.65. The Bertz CT molecular complexity index is 1390. The van der Waals surface area contributed by atoms with Gasteiger partial charge in [-0.2, -0.15) is 13.2 Å². The SMILES string of the molecule is O=C(O)CC1CCC(c2ccc(CC(=O)CCCC(=O)c3nc(-c4c(F)cccc4F)oc3C(F)(F)F)cc2)CC1. The molecule has 1 aromatic heterocycles. The Hall–Kier alpha value is -3.89. The van der Waals surface area contributed by atoms with Gasteiger partial charge in [-0.25, -0.2) is 13.8 Å². The molecule has 1 N–H and O–H groups in total. The standard InChI is InChI=1S/C30H28F5NO5/c31-22-4-2-5-23(32)26(22)29-36-27(28(41-29)30(33,34)35)24(38)6-1-3-21(37)15-17-7-11-19(12-8-17)20-13-9-18(10-14-20)16-25(39)40/h2,4-5,7-8,11-12,18,20H,1,3,6,9-10,13-16H2,(H,39,40). The van der Waals surface area contributed by atoms with Crippen LogP contribution in [-0.4, -0.2) is 27.6 Å². The third-order valence-electron chi connectivity index (χ3n) is 7.35. The Morgan fingerprint density at radius 2 is 1.56 bits per heavy atom. The van der Waals surface area contributed by atoms with E-state index in [0.29, 0.717) is 5.92 Å². The largest absolute Gasteiger partial charge is 0.481 e. The fraction of sp³-hybridized carbons (Fsp3) is 0.400. The van der Waals surface area contributed by atoms with Crippen LogP contribution in [0, 0.1) is 17.6 Å². The van der Waals surface area contributed by atoms with Crippen LogP contribution in [0.2, 0.25) is 0 Å². The molecule has 41 heavy (non-hydrogen) atoms. The first kappa shape index (κ1) is 30.1. The van der Waals surface area contributed by atoms with E-state index in [0.717, 1.165) is 55.0 Å². The van der Waals surface area contributed by atoms with E-state index in [1.165, 1.54) is 0 Å². The van der Waals surface area contributed by atoms with Gasteiger partial charge in [-0.15, -0.1) is 0 Å². The highest BCUT2D eigenvalue weighted by Gasteiger charge is 2.42. The maximum absolute atomic E-state index is 14.1. The van der Waals surface area contributed by atoms with Gasteiger partial charge in [-0.1, -0.05) is 30.3 Å². The number of carboxylic acids is 1. The maximum Gasteiger partial charge on any atom is 0.452 e. The molecule has 218 valence electrons. The summed E-state index contributed by atoms with van der Waals surface area (Å²) in [6, 6.07) is 10.3. The van der Waals surface area contributed by atoms with E-state index in [9.17, 15) is 36.3 Å². The third-order valence-corrected chi connectivity index (χ3v) is 7.35. The highest BCUT2D eigenvalue weighted by Crippen LogP contribution is 2.38. The smallest absolute Gasteiger partial charge is 0.452 e. The number of alkyl halides is 3. The number of carbonyl (C=O) groups is 3. The number of carbonyl (C=O) groups excluding carboxylic acids is 2. The first-order valence-electron chi connectivity index (χ1n) is 13.3. The van der Waals surface area contributed by atoms with Crippen LogP contribution >= 0.6 is 0 Å². The van der Waals surface area contributed by atoms with Crippen molar-refractivity contribution in [3.63, 3.8) is 0 Å². The van der Waals surface area contributed by atoms with Gasteiger partial charge in [0.15, 0.2) is 11.5 Å². The van der Waals surface area contributed by atoms with Crippen LogP contribution in [0.1, 0.15) is 84.7 Å². The van der Waals surface area contributed by atoms with Gasteiger partial charge < -0.3 is 9.52 Å². The molecule has 0 aliphatic heterocycles. The van der Waals surface area contributed by atoms with Gasteiger partial charge in [-0.05, 0) is 67.2 Å². The Morgan fingerprint density at radius 3 is 2.15 bits per heavy atom. The van der Waals surface area contributed by atoms with Gasteiger partial charge in [0.25, 0.3) is 0 Å². The molecule has 0 saturated heterocycles. The molecule has 0 unspecified atom stereocenters. The number of ketones is 2. The Labute approximate surface area is 232 Å². The van der Waals surface area contributed by atoms with Crippen molar-refractivity contribution in [1.29, 1.82) is 0 Å². The Kier molecular flexibility index (Phi) is 9.35. The monoisotopic (exact) mass is 577 g/mol. The average Bonchev–Trinajstić information content (AvgIpc) is 3.35. The molecule has 0 radical (unpaired) electrons. The number of carboxylic acid groups (broad SMARTS) is 1. The number of nitrogens with zero attached hydrogens (tertiary/aromatic N) is 1. The number of aliphatic carboxylic acids is 1.